The molecule has 0 aliphatic carbocycles. The van der Waals surface area contributed by atoms with Crippen LogP contribution in [0.5, 0.6) is 11.5 Å². The molecule has 1 amide bonds. The minimum atomic E-state index is -0.0298. The summed E-state index contributed by atoms with van der Waals surface area (Å²) in [4.78, 5) is 14.6. The van der Waals surface area contributed by atoms with Gasteiger partial charge in [-0.15, -0.1) is 11.8 Å². The number of carbonyl (C=O) groups is 1. The third-order valence-electron chi connectivity index (χ3n) is 3.21. The molecule has 6 heteroatoms. The van der Waals surface area contributed by atoms with E-state index < -0.39 is 0 Å². The van der Waals surface area contributed by atoms with Gasteiger partial charge in [0.1, 0.15) is 6.73 Å². The van der Waals surface area contributed by atoms with Gasteiger partial charge < -0.3 is 19.5 Å². The Morgan fingerprint density at radius 1 is 1.43 bits per heavy atom. The molecule has 114 valence electrons. The van der Waals surface area contributed by atoms with E-state index in [9.17, 15) is 9.90 Å². The van der Waals surface area contributed by atoms with Crippen LogP contribution >= 0.6 is 11.8 Å². The van der Waals surface area contributed by atoms with E-state index in [0.29, 0.717) is 29.5 Å². The Hall–Kier alpha value is -1.66. The van der Waals surface area contributed by atoms with E-state index in [2.05, 4.69) is 0 Å². The third kappa shape index (κ3) is 3.51. The van der Waals surface area contributed by atoms with Crippen molar-refractivity contribution in [2.45, 2.75) is 6.92 Å². The van der Waals surface area contributed by atoms with Crippen LogP contribution in [0.1, 0.15) is 11.1 Å². The van der Waals surface area contributed by atoms with Crippen LogP contribution in [0.4, 0.5) is 0 Å². The number of phenolic OH excluding ortho intramolecular Hbond substituents is 1. The summed E-state index contributed by atoms with van der Waals surface area (Å²) in [5, 5.41) is 9.85. The van der Waals surface area contributed by atoms with E-state index in [1.807, 2.05) is 12.1 Å². The fourth-order valence-electron chi connectivity index (χ4n) is 2.13. The van der Waals surface area contributed by atoms with E-state index >= 15 is 0 Å². The predicted molar refractivity (Wildman–Crippen MR) is 83.4 cm³/mol. The van der Waals surface area contributed by atoms with Gasteiger partial charge in [0.2, 0.25) is 0 Å². The monoisotopic (exact) mass is 309 g/mol. The molecule has 1 heterocycles. The molecule has 0 radical (unpaired) electrons. The van der Waals surface area contributed by atoms with Crippen molar-refractivity contribution in [1.29, 1.82) is 0 Å². The van der Waals surface area contributed by atoms with Crippen molar-refractivity contribution in [2.75, 3.05) is 33.2 Å². The molecule has 0 atom stereocenters. The van der Waals surface area contributed by atoms with Crippen molar-refractivity contribution in [3.8, 4) is 11.5 Å². The van der Waals surface area contributed by atoms with Crippen molar-refractivity contribution in [2.24, 2.45) is 0 Å². The molecule has 1 fully saturated rings. The Kier molecular flexibility index (Phi) is 5.14. The van der Waals surface area contributed by atoms with Crippen LogP contribution in [0, 0.1) is 6.92 Å². The quantitative estimate of drug-likeness (QED) is 0.864. The summed E-state index contributed by atoms with van der Waals surface area (Å²) in [6.07, 6.45) is 1.82. The van der Waals surface area contributed by atoms with Gasteiger partial charge in [0.15, 0.2) is 11.5 Å². The Labute approximate surface area is 128 Å². The van der Waals surface area contributed by atoms with Gasteiger partial charge in [0.05, 0.1) is 12.0 Å². The van der Waals surface area contributed by atoms with Crippen LogP contribution in [0.25, 0.3) is 6.08 Å². The predicted octanol–water partition coefficient (Wildman–Crippen LogP) is 2.23. The lowest BCUT2D eigenvalue weighted by atomic mass is 10.1. The third-order valence-corrected chi connectivity index (χ3v) is 4.20. The second-order valence-corrected chi connectivity index (χ2v) is 5.87. The number of methoxy groups -OCH3 is 2. The molecule has 0 spiro atoms. The number of aryl methyl sites for hydroxylation is 1. The lowest BCUT2D eigenvalue weighted by Gasteiger charge is -2.27. The van der Waals surface area contributed by atoms with Gasteiger partial charge >= 0.3 is 0 Å². The number of aromatic hydroxyl groups is 1. The number of hydrogen-bond acceptors (Lipinski definition) is 5. The molecule has 1 aromatic carbocycles. The minimum absolute atomic E-state index is 0.0298. The maximum atomic E-state index is 12.3. The molecule has 21 heavy (non-hydrogen) atoms. The van der Waals surface area contributed by atoms with Crippen LogP contribution in [0.15, 0.2) is 17.0 Å². The van der Waals surface area contributed by atoms with Gasteiger partial charge in [0.25, 0.3) is 5.91 Å². The normalized spacial score (nSPS) is 17.4. The van der Waals surface area contributed by atoms with E-state index in [1.165, 1.54) is 18.9 Å². The first-order valence-corrected chi connectivity index (χ1v) is 7.55. The summed E-state index contributed by atoms with van der Waals surface area (Å²) >= 11 is 1.53. The smallest absolute Gasteiger partial charge is 0.262 e. The van der Waals surface area contributed by atoms with Crippen molar-refractivity contribution in [1.82, 2.24) is 4.90 Å². The lowest BCUT2D eigenvalue weighted by Crippen LogP contribution is -2.38. The Morgan fingerprint density at radius 3 is 2.86 bits per heavy atom. The van der Waals surface area contributed by atoms with Crippen molar-refractivity contribution >= 4 is 23.7 Å². The van der Waals surface area contributed by atoms with Crippen LogP contribution in [0.2, 0.25) is 0 Å². The largest absolute Gasteiger partial charge is 0.504 e. The number of nitrogens with zero attached hydrogens (tertiary/aromatic N) is 1. The molecule has 1 aliphatic heterocycles. The lowest BCUT2D eigenvalue weighted by molar-refractivity contribution is -0.130. The number of amides is 1. The van der Waals surface area contributed by atoms with E-state index in [1.54, 1.807) is 25.0 Å². The number of carbonyl (C=O) groups excluding carboxylic acids is 1. The van der Waals surface area contributed by atoms with Crippen LogP contribution in [0.3, 0.4) is 0 Å². The van der Waals surface area contributed by atoms with Crippen molar-refractivity contribution in [3.05, 3.63) is 28.2 Å². The Morgan fingerprint density at radius 2 is 2.19 bits per heavy atom. The fourth-order valence-corrected chi connectivity index (χ4v) is 3.14. The van der Waals surface area contributed by atoms with Crippen molar-refractivity contribution in [3.63, 3.8) is 0 Å². The van der Waals surface area contributed by atoms with Gasteiger partial charge in [-0.2, -0.15) is 0 Å². The average molecular weight is 309 g/mol. The number of thioether (sulfide) groups is 1. The highest BCUT2D eigenvalue weighted by atomic mass is 32.2. The van der Waals surface area contributed by atoms with E-state index in [-0.39, 0.29) is 11.7 Å². The van der Waals surface area contributed by atoms with Gasteiger partial charge in [-0.25, -0.2) is 0 Å². The molecule has 0 aromatic heterocycles. The van der Waals surface area contributed by atoms with Crippen molar-refractivity contribution < 1.29 is 19.4 Å². The first-order valence-electron chi connectivity index (χ1n) is 6.57. The summed E-state index contributed by atoms with van der Waals surface area (Å²) in [5.41, 5.74) is 1.54. The number of hydrogen-bond donors (Lipinski definition) is 1. The molecular weight excluding hydrogens is 290 g/mol. The number of rotatable bonds is 4. The first kappa shape index (κ1) is 15.7. The molecule has 0 unspecified atom stereocenters. The zero-order valence-corrected chi connectivity index (χ0v) is 13.2. The standard InChI is InChI=1S/C15H19NO4S/c1-10-6-11(7-12(20-3)14(10)17)8-13-15(18)16(9-19-2)4-5-21-13/h6-8,17H,4-5,9H2,1-3H3/b13-8+. The highest BCUT2D eigenvalue weighted by Gasteiger charge is 2.23. The molecule has 0 saturated carbocycles. The molecule has 1 saturated heterocycles. The number of phenols is 1. The topological polar surface area (TPSA) is 59.0 Å². The second-order valence-electron chi connectivity index (χ2n) is 4.73. The molecule has 2 rings (SSSR count). The molecule has 1 aromatic rings. The summed E-state index contributed by atoms with van der Waals surface area (Å²) in [6, 6.07) is 3.55. The van der Waals surface area contributed by atoms with E-state index in [0.717, 1.165) is 11.3 Å². The molecule has 0 bridgehead atoms. The van der Waals surface area contributed by atoms with Crippen LogP contribution in [-0.2, 0) is 9.53 Å². The Bertz CT molecular complexity index is 569. The number of ether oxygens (including phenoxy) is 2. The summed E-state index contributed by atoms with van der Waals surface area (Å²) in [7, 11) is 3.08. The second kappa shape index (κ2) is 6.87. The fraction of sp³-hybridized carbons (Fsp3) is 0.400. The van der Waals surface area contributed by atoms with E-state index in [4.69, 9.17) is 9.47 Å². The average Bonchev–Trinajstić information content (AvgIpc) is 2.47. The van der Waals surface area contributed by atoms with Gasteiger partial charge in [-0.05, 0) is 36.3 Å². The molecule has 1 aliphatic rings. The Balaban J connectivity index is 2.30. The SMILES string of the molecule is COCN1CCS/C(=C/c2cc(C)c(O)c(OC)c2)C1=O. The maximum absolute atomic E-state index is 12.3. The van der Waals surface area contributed by atoms with Crippen LogP contribution < -0.4 is 4.74 Å². The highest BCUT2D eigenvalue weighted by Crippen LogP contribution is 2.33. The molecule has 1 N–H and O–H groups in total. The maximum Gasteiger partial charge on any atom is 0.262 e. The summed E-state index contributed by atoms with van der Waals surface area (Å²) in [5.74, 6) is 1.35. The van der Waals surface area contributed by atoms with Gasteiger partial charge in [-0.3, -0.25) is 4.79 Å². The van der Waals surface area contributed by atoms with Gasteiger partial charge in [-0.1, -0.05) is 0 Å². The minimum Gasteiger partial charge on any atom is -0.504 e. The molecular formula is C15H19NO4S. The number of benzene rings is 1. The zero-order chi connectivity index (χ0) is 15.4. The zero-order valence-electron chi connectivity index (χ0n) is 12.4. The summed E-state index contributed by atoms with van der Waals surface area (Å²) in [6.45, 7) is 2.79. The highest BCUT2D eigenvalue weighted by molar-refractivity contribution is 8.04. The van der Waals surface area contributed by atoms with Crippen LogP contribution in [-0.4, -0.2) is 49.2 Å². The molecule has 5 nitrogen and oxygen atoms in total. The van der Waals surface area contributed by atoms with Gasteiger partial charge in [0, 0.05) is 19.4 Å². The summed E-state index contributed by atoms with van der Waals surface area (Å²) < 4.78 is 10.2. The first-order chi connectivity index (χ1) is 10.1.